The van der Waals surface area contributed by atoms with E-state index in [1.807, 2.05) is 31.2 Å². The van der Waals surface area contributed by atoms with Gasteiger partial charge in [-0.05, 0) is 69.1 Å². The Labute approximate surface area is 182 Å². The lowest BCUT2D eigenvalue weighted by Crippen LogP contribution is -2.47. The van der Waals surface area contributed by atoms with Crippen LogP contribution in [-0.2, 0) is 11.3 Å². The summed E-state index contributed by atoms with van der Waals surface area (Å²) in [7, 11) is 0. The number of fused-ring (bicyclic) bond motifs is 1. The third-order valence-electron chi connectivity index (χ3n) is 6.08. The molecule has 1 saturated carbocycles. The summed E-state index contributed by atoms with van der Waals surface area (Å²) < 4.78 is 11.3. The highest BCUT2D eigenvalue weighted by molar-refractivity contribution is 7.80. The van der Waals surface area contributed by atoms with E-state index in [0.29, 0.717) is 19.2 Å². The van der Waals surface area contributed by atoms with Crippen LogP contribution < -0.4 is 15.6 Å². The molecule has 2 aromatic rings. The first-order valence-corrected chi connectivity index (χ1v) is 11.5. The Bertz CT molecular complexity index is 933. The average Bonchev–Trinajstić information content (AvgIpc) is 3.45. The van der Waals surface area contributed by atoms with Crippen LogP contribution in [0.5, 0.6) is 5.75 Å². The quantitative estimate of drug-likeness (QED) is 0.654. The molecule has 0 spiro atoms. The first-order chi connectivity index (χ1) is 14.6. The molecule has 0 unspecified atom stereocenters. The van der Waals surface area contributed by atoms with E-state index in [0.717, 1.165) is 66.2 Å². The molecule has 162 valence electrons. The van der Waals surface area contributed by atoms with Crippen molar-refractivity contribution in [1.82, 2.24) is 15.2 Å². The highest BCUT2D eigenvalue weighted by atomic mass is 32.1. The molecule has 4 rings (SSSR count). The lowest BCUT2D eigenvalue weighted by molar-refractivity contribution is 0.113. The van der Waals surface area contributed by atoms with E-state index < -0.39 is 0 Å². The second-order valence-corrected chi connectivity index (χ2v) is 8.58. The van der Waals surface area contributed by atoms with E-state index in [9.17, 15) is 4.79 Å². The maximum Gasteiger partial charge on any atom is 0.253 e. The Balaban J connectivity index is 1.54. The Morgan fingerprint density at radius 2 is 2.10 bits per heavy atom. The van der Waals surface area contributed by atoms with Crippen molar-refractivity contribution in [2.75, 3.05) is 19.8 Å². The smallest absolute Gasteiger partial charge is 0.253 e. The zero-order valence-corrected chi connectivity index (χ0v) is 18.4. The van der Waals surface area contributed by atoms with E-state index in [-0.39, 0.29) is 11.7 Å². The van der Waals surface area contributed by atoms with Crippen molar-refractivity contribution in [1.29, 1.82) is 0 Å². The van der Waals surface area contributed by atoms with Crippen LogP contribution in [0.2, 0.25) is 0 Å². The summed E-state index contributed by atoms with van der Waals surface area (Å²) in [4.78, 5) is 18.0. The Morgan fingerprint density at radius 1 is 1.27 bits per heavy atom. The predicted molar refractivity (Wildman–Crippen MR) is 123 cm³/mol. The number of ether oxygens (including phenoxy) is 2. The van der Waals surface area contributed by atoms with Crippen LogP contribution in [0.3, 0.4) is 0 Å². The Hall–Kier alpha value is -2.12. The molecule has 0 radical (unpaired) electrons. The summed E-state index contributed by atoms with van der Waals surface area (Å²) in [5, 5.41) is 5.10. The molecule has 0 amide bonds. The number of hydrogen-bond donors (Lipinski definition) is 2. The molecular weight excluding hydrogens is 398 g/mol. The SMILES string of the molecule is CCOc1ccc2[nH]c(=O)c(CN(C(=S)NC[C@@H]3CCCO3)C3CCCC3)cc2c1. The molecule has 1 aliphatic heterocycles. The van der Waals surface area contributed by atoms with Crippen molar-refractivity contribution in [3.63, 3.8) is 0 Å². The summed E-state index contributed by atoms with van der Waals surface area (Å²) in [6.07, 6.45) is 7.06. The summed E-state index contributed by atoms with van der Waals surface area (Å²) >= 11 is 5.77. The molecule has 2 aliphatic rings. The fourth-order valence-corrected chi connectivity index (χ4v) is 4.77. The minimum absolute atomic E-state index is 0.0587. The van der Waals surface area contributed by atoms with Crippen LogP contribution in [-0.4, -0.2) is 46.9 Å². The lowest BCUT2D eigenvalue weighted by Gasteiger charge is -2.32. The van der Waals surface area contributed by atoms with Crippen molar-refractivity contribution < 1.29 is 9.47 Å². The van der Waals surface area contributed by atoms with E-state index in [1.54, 1.807) is 0 Å². The molecule has 1 atom stereocenters. The van der Waals surface area contributed by atoms with Gasteiger partial charge in [0.1, 0.15) is 5.75 Å². The first-order valence-electron chi connectivity index (χ1n) is 11.1. The zero-order chi connectivity index (χ0) is 20.9. The van der Waals surface area contributed by atoms with Crippen LogP contribution in [0.4, 0.5) is 0 Å². The van der Waals surface area contributed by atoms with Gasteiger partial charge in [-0.25, -0.2) is 0 Å². The molecule has 1 aliphatic carbocycles. The third kappa shape index (κ3) is 4.95. The van der Waals surface area contributed by atoms with Gasteiger partial charge in [0, 0.05) is 35.7 Å². The molecule has 7 heteroatoms. The zero-order valence-electron chi connectivity index (χ0n) is 17.6. The second kappa shape index (κ2) is 9.79. The molecule has 0 bridgehead atoms. The average molecular weight is 430 g/mol. The van der Waals surface area contributed by atoms with E-state index in [4.69, 9.17) is 21.7 Å². The van der Waals surface area contributed by atoms with Gasteiger partial charge in [0.15, 0.2) is 5.11 Å². The topological polar surface area (TPSA) is 66.6 Å². The van der Waals surface area contributed by atoms with Crippen LogP contribution >= 0.6 is 12.2 Å². The molecule has 30 heavy (non-hydrogen) atoms. The lowest BCUT2D eigenvalue weighted by atomic mass is 10.1. The first kappa shape index (κ1) is 21.1. The van der Waals surface area contributed by atoms with Crippen molar-refractivity contribution in [2.24, 2.45) is 0 Å². The number of aromatic nitrogens is 1. The third-order valence-corrected chi connectivity index (χ3v) is 6.45. The van der Waals surface area contributed by atoms with Crippen LogP contribution in [0, 0.1) is 0 Å². The van der Waals surface area contributed by atoms with Crippen molar-refractivity contribution >= 4 is 28.2 Å². The van der Waals surface area contributed by atoms with Crippen LogP contribution in [0.1, 0.15) is 51.0 Å². The van der Waals surface area contributed by atoms with Crippen molar-refractivity contribution in [2.45, 2.75) is 64.1 Å². The van der Waals surface area contributed by atoms with Gasteiger partial charge in [0.25, 0.3) is 5.56 Å². The number of H-pyrrole nitrogens is 1. The summed E-state index contributed by atoms with van der Waals surface area (Å²) in [5.74, 6) is 0.810. The van der Waals surface area contributed by atoms with E-state index >= 15 is 0 Å². The molecule has 1 aromatic carbocycles. The number of nitrogens with zero attached hydrogens (tertiary/aromatic N) is 1. The maximum absolute atomic E-state index is 12.8. The van der Waals surface area contributed by atoms with E-state index in [2.05, 4.69) is 15.2 Å². The van der Waals surface area contributed by atoms with Gasteiger partial charge < -0.3 is 24.7 Å². The van der Waals surface area contributed by atoms with Gasteiger partial charge in [0.05, 0.1) is 19.3 Å². The van der Waals surface area contributed by atoms with Crippen LogP contribution in [0.15, 0.2) is 29.1 Å². The number of aromatic amines is 1. The Morgan fingerprint density at radius 3 is 2.83 bits per heavy atom. The van der Waals surface area contributed by atoms with Gasteiger partial charge in [-0.1, -0.05) is 12.8 Å². The maximum atomic E-state index is 12.8. The highest BCUT2D eigenvalue weighted by Crippen LogP contribution is 2.26. The van der Waals surface area contributed by atoms with Gasteiger partial charge in [-0.15, -0.1) is 0 Å². The monoisotopic (exact) mass is 429 g/mol. The molecular formula is C23H31N3O3S. The number of benzene rings is 1. The highest BCUT2D eigenvalue weighted by Gasteiger charge is 2.26. The molecule has 2 heterocycles. The number of hydrogen-bond acceptors (Lipinski definition) is 4. The Kier molecular flexibility index (Phi) is 6.89. The van der Waals surface area contributed by atoms with Gasteiger partial charge in [0.2, 0.25) is 0 Å². The van der Waals surface area contributed by atoms with Gasteiger partial charge in [-0.2, -0.15) is 0 Å². The summed E-state index contributed by atoms with van der Waals surface area (Å²) in [6.45, 7) is 4.65. The number of nitrogens with one attached hydrogen (secondary N) is 2. The van der Waals surface area contributed by atoms with Crippen LogP contribution in [0.25, 0.3) is 10.9 Å². The number of rotatable bonds is 7. The standard InChI is InChI=1S/C23H31N3O3S/c1-2-28-19-9-10-21-16(13-19)12-17(22(27)25-21)15-26(18-6-3-4-7-18)23(30)24-14-20-8-5-11-29-20/h9-10,12-13,18,20H,2-8,11,14-15H2,1H3,(H,24,30)(H,25,27)/t20-/m0/s1. The summed E-state index contributed by atoms with van der Waals surface area (Å²) in [6, 6.07) is 8.11. The van der Waals surface area contributed by atoms with Crippen molar-refractivity contribution in [3.05, 3.63) is 40.2 Å². The number of thiocarbonyl (C=S) groups is 1. The van der Waals surface area contributed by atoms with E-state index in [1.165, 1.54) is 12.8 Å². The number of pyridine rings is 1. The van der Waals surface area contributed by atoms with Crippen molar-refractivity contribution in [3.8, 4) is 5.75 Å². The van der Waals surface area contributed by atoms with Gasteiger partial charge in [-0.3, -0.25) is 4.79 Å². The normalized spacial score (nSPS) is 19.3. The minimum Gasteiger partial charge on any atom is -0.494 e. The fraction of sp³-hybridized carbons (Fsp3) is 0.565. The molecule has 2 N–H and O–H groups in total. The summed E-state index contributed by atoms with van der Waals surface area (Å²) in [5.41, 5.74) is 1.49. The molecule has 1 aromatic heterocycles. The second-order valence-electron chi connectivity index (χ2n) is 8.19. The van der Waals surface area contributed by atoms with Gasteiger partial charge >= 0.3 is 0 Å². The molecule has 1 saturated heterocycles. The fourth-order valence-electron chi connectivity index (χ4n) is 4.48. The predicted octanol–water partition coefficient (Wildman–Crippen LogP) is 3.72. The minimum atomic E-state index is -0.0587. The molecule has 2 fully saturated rings. The molecule has 6 nitrogen and oxygen atoms in total. The largest absolute Gasteiger partial charge is 0.494 e.